The molecule has 1 atom stereocenters. The second-order valence-corrected chi connectivity index (χ2v) is 2.61. The summed E-state index contributed by atoms with van der Waals surface area (Å²) in [6, 6.07) is 6.51. The Morgan fingerprint density at radius 1 is 1.45 bits per heavy atom. The van der Waals surface area contributed by atoms with E-state index in [4.69, 9.17) is 5.11 Å². The summed E-state index contributed by atoms with van der Waals surface area (Å²) in [7, 11) is 0. The number of rotatable bonds is 2. The lowest BCUT2D eigenvalue weighted by molar-refractivity contribution is 0.270. The first-order valence-electron chi connectivity index (χ1n) is 3.61. The van der Waals surface area contributed by atoms with E-state index >= 15 is 0 Å². The molecule has 0 spiro atoms. The maximum atomic E-state index is 12.9. The standard InChI is InChI=1S/C9H11FO/c1-7(6-11)8-4-2-3-5-9(8)10/h2-5,7,11H,6H2,1H3. The van der Waals surface area contributed by atoms with Gasteiger partial charge < -0.3 is 5.11 Å². The molecule has 1 nitrogen and oxygen atoms in total. The Morgan fingerprint density at radius 3 is 2.64 bits per heavy atom. The van der Waals surface area contributed by atoms with Gasteiger partial charge in [-0.1, -0.05) is 25.1 Å². The van der Waals surface area contributed by atoms with Gasteiger partial charge >= 0.3 is 0 Å². The van der Waals surface area contributed by atoms with E-state index in [9.17, 15) is 4.39 Å². The van der Waals surface area contributed by atoms with Crippen LogP contribution in [-0.2, 0) is 0 Å². The van der Waals surface area contributed by atoms with Gasteiger partial charge in [0.25, 0.3) is 0 Å². The Balaban J connectivity index is 2.93. The van der Waals surface area contributed by atoms with Gasteiger partial charge in [-0.2, -0.15) is 0 Å². The van der Waals surface area contributed by atoms with Crippen LogP contribution >= 0.6 is 0 Å². The van der Waals surface area contributed by atoms with Gasteiger partial charge in [-0.3, -0.25) is 0 Å². The van der Waals surface area contributed by atoms with Crippen molar-refractivity contribution in [1.29, 1.82) is 0 Å². The van der Waals surface area contributed by atoms with Crippen LogP contribution in [0.5, 0.6) is 0 Å². The van der Waals surface area contributed by atoms with Crippen molar-refractivity contribution in [2.45, 2.75) is 12.8 Å². The second kappa shape index (κ2) is 3.49. The summed E-state index contributed by atoms with van der Waals surface area (Å²) in [5.41, 5.74) is 0.579. The molecule has 0 aliphatic carbocycles. The maximum Gasteiger partial charge on any atom is 0.126 e. The number of benzene rings is 1. The minimum absolute atomic E-state index is 0.0130. The quantitative estimate of drug-likeness (QED) is 0.690. The minimum Gasteiger partial charge on any atom is -0.396 e. The van der Waals surface area contributed by atoms with Crippen LogP contribution in [0, 0.1) is 5.82 Å². The Bertz CT molecular complexity index is 235. The van der Waals surface area contributed by atoms with E-state index in [2.05, 4.69) is 0 Å². The van der Waals surface area contributed by atoms with Crippen LogP contribution < -0.4 is 0 Å². The molecule has 60 valence electrons. The molecule has 0 saturated heterocycles. The molecule has 0 radical (unpaired) electrons. The normalized spacial score (nSPS) is 13.0. The largest absolute Gasteiger partial charge is 0.396 e. The molecule has 11 heavy (non-hydrogen) atoms. The van der Waals surface area contributed by atoms with Crippen LogP contribution in [-0.4, -0.2) is 11.7 Å². The topological polar surface area (TPSA) is 20.2 Å². The molecule has 1 aromatic rings. The van der Waals surface area contributed by atoms with Gasteiger partial charge in [-0.05, 0) is 11.6 Å². The highest BCUT2D eigenvalue weighted by molar-refractivity contribution is 5.20. The summed E-state index contributed by atoms with van der Waals surface area (Å²) in [5, 5.41) is 8.75. The third-order valence-corrected chi connectivity index (χ3v) is 1.71. The smallest absolute Gasteiger partial charge is 0.126 e. The number of aliphatic hydroxyl groups excluding tert-OH is 1. The summed E-state index contributed by atoms with van der Waals surface area (Å²) in [6.45, 7) is 1.78. The highest BCUT2D eigenvalue weighted by Crippen LogP contribution is 2.17. The lowest BCUT2D eigenvalue weighted by atomic mass is 10.0. The minimum atomic E-state index is -0.242. The van der Waals surface area contributed by atoms with E-state index in [1.807, 2.05) is 0 Å². The van der Waals surface area contributed by atoms with Crippen molar-refractivity contribution in [3.63, 3.8) is 0 Å². The van der Waals surface area contributed by atoms with Crippen molar-refractivity contribution in [3.8, 4) is 0 Å². The molecule has 0 aliphatic rings. The molecular weight excluding hydrogens is 143 g/mol. The first-order chi connectivity index (χ1) is 5.25. The molecule has 0 fully saturated rings. The molecule has 0 saturated carbocycles. The number of halogens is 1. The predicted octanol–water partition coefficient (Wildman–Crippen LogP) is 1.92. The monoisotopic (exact) mass is 154 g/mol. The van der Waals surface area contributed by atoms with E-state index in [1.54, 1.807) is 25.1 Å². The zero-order valence-corrected chi connectivity index (χ0v) is 6.42. The number of hydrogen-bond acceptors (Lipinski definition) is 1. The van der Waals surface area contributed by atoms with Crippen molar-refractivity contribution in [1.82, 2.24) is 0 Å². The molecule has 1 unspecified atom stereocenters. The molecule has 0 amide bonds. The SMILES string of the molecule is CC(CO)c1ccccc1F. The van der Waals surface area contributed by atoms with Gasteiger partial charge in [-0.15, -0.1) is 0 Å². The van der Waals surface area contributed by atoms with E-state index < -0.39 is 0 Å². The molecule has 2 heteroatoms. The summed E-state index contributed by atoms with van der Waals surface area (Å²) in [6.07, 6.45) is 0. The fraction of sp³-hybridized carbons (Fsp3) is 0.333. The number of aliphatic hydroxyl groups is 1. The van der Waals surface area contributed by atoms with Crippen molar-refractivity contribution < 1.29 is 9.50 Å². The van der Waals surface area contributed by atoms with Gasteiger partial charge in [0.1, 0.15) is 5.82 Å². The Hall–Kier alpha value is -0.890. The molecular formula is C9H11FO. The second-order valence-electron chi connectivity index (χ2n) is 2.61. The summed E-state index contributed by atoms with van der Waals surface area (Å²) in [4.78, 5) is 0. The average molecular weight is 154 g/mol. The first kappa shape index (κ1) is 8.21. The highest BCUT2D eigenvalue weighted by atomic mass is 19.1. The highest BCUT2D eigenvalue weighted by Gasteiger charge is 2.07. The summed E-state index contributed by atoms with van der Waals surface area (Å²) in [5.74, 6) is -0.356. The van der Waals surface area contributed by atoms with Crippen LogP contribution in [0.25, 0.3) is 0 Å². The third-order valence-electron chi connectivity index (χ3n) is 1.71. The lowest BCUT2D eigenvalue weighted by Gasteiger charge is -2.07. The van der Waals surface area contributed by atoms with Crippen LogP contribution in [0.4, 0.5) is 4.39 Å². The molecule has 1 aromatic carbocycles. The Labute approximate surface area is 65.5 Å². The lowest BCUT2D eigenvalue weighted by Crippen LogP contribution is -2.01. The van der Waals surface area contributed by atoms with E-state index in [-0.39, 0.29) is 18.3 Å². The van der Waals surface area contributed by atoms with Crippen molar-refractivity contribution in [2.24, 2.45) is 0 Å². The number of hydrogen-bond donors (Lipinski definition) is 1. The molecule has 0 bridgehead atoms. The fourth-order valence-electron chi connectivity index (χ4n) is 0.973. The van der Waals surface area contributed by atoms with E-state index in [1.165, 1.54) is 6.07 Å². The van der Waals surface area contributed by atoms with Crippen LogP contribution in [0.2, 0.25) is 0 Å². The Kier molecular flexibility index (Phi) is 2.60. The van der Waals surface area contributed by atoms with E-state index in [0.717, 1.165) is 0 Å². The van der Waals surface area contributed by atoms with Gasteiger partial charge in [0.15, 0.2) is 0 Å². The van der Waals surface area contributed by atoms with E-state index in [0.29, 0.717) is 5.56 Å². The first-order valence-corrected chi connectivity index (χ1v) is 3.61. The molecule has 0 heterocycles. The fourth-order valence-corrected chi connectivity index (χ4v) is 0.973. The van der Waals surface area contributed by atoms with Crippen molar-refractivity contribution in [2.75, 3.05) is 6.61 Å². The van der Waals surface area contributed by atoms with Crippen molar-refractivity contribution in [3.05, 3.63) is 35.6 Å². The zero-order chi connectivity index (χ0) is 8.27. The third kappa shape index (κ3) is 1.77. The molecule has 1 N–H and O–H groups in total. The van der Waals surface area contributed by atoms with Crippen LogP contribution in [0.3, 0.4) is 0 Å². The molecule has 0 aromatic heterocycles. The van der Waals surface area contributed by atoms with Gasteiger partial charge in [0.05, 0.1) is 0 Å². The van der Waals surface area contributed by atoms with Crippen LogP contribution in [0.1, 0.15) is 18.4 Å². The summed E-state index contributed by atoms with van der Waals surface area (Å²) < 4.78 is 12.9. The van der Waals surface area contributed by atoms with Crippen LogP contribution in [0.15, 0.2) is 24.3 Å². The van der Waals surface area contributed by atoms with Gasteiger partial charge in [0, 0.05) is 12.5 Å². The zero-order valence-electron chi connectivity index (χ0n) is 6.42. The Morgan fingerprint density at radius 2 is 2.09 bits per heavy atom. The maximum absolute atomic E-state index is 12.9. The molecule has 0 aliphatic heterocycles. The average Bonchev–Trinajstić information content (AvgIpc) is 2.04. The van der Waals surface area contributed by atoms with Gasteiger partial charge in [0.2, 0.25) is 0 Å². The predicted molar refractivity (Wildman–Crippen MR) is 41.9 cm³/mol. The summed E-state index contributed by atoms with van der Waals surface area (Å²) >= 11 is 0. The van der Waals surface area contributed by atoms with Crippen molar-refractivity contribution >= 4 is 0 Å². The van der Waals surface area contributed by atoms with Gasteiger partial charge in [-0.25, -0.2) is 4.39 Å². The molecule has 1 rings (SSSR count).